The van der Waals surface area contributed by atoms with E-state index in [-0.39, 0.29) is 6.03 Å². The number of hydrogen-bond donors (Lipinski definition) is 2. The van der Waals surface area contributed by atoms with Crippen molar-refractivity contribution in [3.63, 3.8) is 0 Å². The van der Waals surface area contributed by atoms with Gasteiger partial charge in [0, 0.05) is 12.4 Å². The van der Waals surface area contributed by atoms with Crippen LogP contribution in [0.5, 0.6) is 0 Å². The molecule has 0 bridgehead atoms. The number of rotatable bonds is 3. The van der Waals surface area contributed by atoms with Gasteiger partial charge in [0.05, 0.1) is 23.3 Å². The van der Waals surface area contributed by atoms with Gasteiger partial charge in [-0.15, -0.1) is 0 Å². The molecule has 124 valence electrons. The van der Waals surface area contributed by atoms with Gasteiger partial charge in [0.2, 0.25) is 0 Å². The summed E-state index contributed by atoms with van der Waals surface area (Å²) >= 11 is 0. The SMILES string of the molecule is Cn1c(CNC(=O)Nc2cccc3ccccc23)nc2ccccc21. The van der Waals surface area contributed by atoms with Crippen molar-refractivity contribution in [1.29, 1.82) is 0 Å². The molecule has 0 aliphatic rings. The average Bonchev–Trinajstić information content (AvgIpc) is 2.97. The second-order valence-corrected chi connectivity index (χ2v) is 5.91. The molecule has 0 unspecified atom stereocenters. The smallest absolute Gasteiger partial charge is 0.319 e. The van der Waals surface area contributed by atoms with Crippen LogP contribution in [0.1, 0.15) is 5.82 Å². The Labute approximate surface area is 145 Å². The van der Waals surface area contributed by atoms with Gasteiger partial charge >= 0.3 is 6.03 Å². The highest BCUT2D eigenvalue weighted by atomic mass is 16.2. The molecule has 4 rings (SSSR count). The zero-order valence-electron chi connectivity index (χ0n) is 13.9. The van der Waals surface area contributed by atoms with Crippen molar-refractivity contribution < 1.29 is 4.79 Å². The molecule has 3 aromatic carbocycles. The maximum absolute atomic E-state index is 12.3. The first-order chi connectivity index (χ1) is 12.2. The molecule has 1 heterocycles. The minimum Gasteiger partial charge on any atom is -0.331 e. The first-order valence-corrected chi connectivity index (χ1v) is 8.15. The summed E-state index contributed by atoms with van der Waals surface area (Å²) in [6.07, 6.45) is 0. The Morgan fingerprint density at radius 2 is 1.76 bits per heavy atom. The second kappa shape index (κ2) is 6.28. The first-order valence-electron chi connectivity index (χ1n) is 8.15. The maximum Gasteiger partial charge on any atom is 0.319 e. The van der Waals surface area contributed by atoms with Gasteiger partial charge in [-0.25, -0.2) is 9.78 Å². The number of imidazole rings is 1. The van der Waals surface area contributed by atoms with Crippen molar-refractivity contribution in [1.82, 2.24) is 14.9 Å². The summed E-state index contributed by atoms with van der Waals surface area (Å²) in [7, 11) is 1.95. The van der Waals surface area contributed by atoms with Gasteiger partial charge < -0.3 is 15.2 Å². The number of aryl methyl sites for hydroxylation is 1. The van der Waals surface area contributed by atoms with E-state index in [0.717, 1.165) is 33.3 Å². The zero-order chi connectivity index (χ0) is 17.2. The molecule has 5 nitrogen and oxygen atoms in total. The molecule has 25 heavy (non-hydrogen) atoms. The Morgan fingerprint density at radius 3 is 2.64 bits per heavy atom. The summed E-state index contributed by atoms with van der Waals surface area (Å²) in [5, 5.41) is 7.91. The lowest BCUT2D eigenvalue weighted by molar-refractivity contribution is 0.251. The predicted molar refractivity (Wildman–Crippen MR) is 101 cm³/mol. The quantitative estimate of drug-likeness (QED) is 0.595. The van der Waals surface area contributed by atoms with E-state index in [9.17, 15) is 4.79 Å². The van der Waals surface area contributed by atoms with E-state index in [0.29, 0.717) is 6.54 Å². The summed E-state index contributed by atoms with van der Waals surface area (Å²) in [6, 6.07) is 21.5. The number of anilines is 1. The van der Waals surface area contributed by atoms with E-state index in [1.807, 2.05) is 78.3 Å². The van der Waals surface area contributed by atoms with Crippen LogP contribution >= 0.6 is 0 Å². The summed E-state index contributed by atoms with van der Waals surface area (Å²) in [6.45, 7) is 0.363. The molecule has 0 radical (unpaired) electrons. The van der Waals surface area contributed by atoms with E-state index in [1.54, 1.807) is 0 Å². The molecule has 2 N–H and O–H groups in total. The van der Waals surface area contributed by atoms with Crippen molar-refractivity contribution in [2.24, 2.45) is 7.05 Å². The fourth-order valence-electron chi connectivity index (χ4n) is 3.01. The molecule has 0 spiro atoms. The van der Waals surface area contributed by atoms with Crippen LogP contribution in [0.25, 0.3) is 21.8 Å². The molecule has 2 amide bonds. The van der Waals surface area contributed by atoms with Crippen LogP contribution in [0.4, 0.5) is 10.5 Å². The minimum absolute atomic E-state index is 0.247. The van der Waals surface area contributed by atoms with Crippen LogP contribution in [0, 0.1) is 0 Å². The zero-order valence-corrected chi connectivity index (χ0v) is 13.9. The number of carbonyl (C=O) groups is 1. The average molecular weight is 330 g/mol. The van der Waals surface area contributed by atoms with E-state index in [1.165, 1.54) is 0 Å². The van der Waals surface area contributed by atoms with Crippen LogP contribution in [0.2, 0.25) is 0 Å². The minimum atomic E-state index is -0.247. The van der Waals surface area contributed by atoms with Crippen LogP contribution in [0.15, 0.2) is 66.7 Å². The summed E-state index contributed by atoms with van der Waals surface area (Å²) in [5.74, 6) is 0.814. The molecule has 0 atom stereocenters. The lowest BCUT2D eigenvalue weighted by Gasteiger charge is -2.10. The fraction of sp³-hybridized carbons (Fsp3) is 0.100. The second-order valence-electron chi connectivity index (χ2n) is 5.91. The summed E-state index contributed by atoms with van der Waals surface area (Å²) < 4.78 is 1.99. The number of para-hydroxylation sites is 2. The molecule has 0 saturated carbocycles. The highest BCUT2D eigenvalue weighted by Gasteiger charge is 2.09. The van der Waals surface area contributed by atoms with Crippen molar-refractivity contribution in [3.05, 3.63) is 72.6 Å². The normalized spacial score (nSPS) is 10.9. The Morgan fingerprint density at radius 1 is 1.00 bits per heavy atom. The molecule has 5 heteroatoms. The van der Waals surface area contributed by atoms with Crippen LogP contribution < -0.4 is 10.6 Å². The molecular weight excluding hydrogens is 312 g/mol. The lowest BCUT2D eigenvalue weighted by Crippen LogP contribution is -2.29. The monoisotopic (exact) mass is 330 g/mol. The highest BCUT2D eigenvalue weighted by molar-refractivity contribution is 6.01. The van der Waals surface area contributed by atoms with Crippen LogP contribution in [-0.2, 0) is 13.6 Å². The first kappa shape index (κ1) is 15.2. The Balaban J connectivity index is 1.49. The van der Waals surface area contributed by atoms with E-state index in [2.05, 4.69) is 15.6 Å². The van der Waals surface area contributed by atoms with Crippen molar-refractivity contribution in [2.75, 3.05) is 5.32 Å². The van der Waals surface area contributed by atoms with Gasteiger partial charge in [0.1, 0.15) is 5.82 Å². The van der Waals surface area contributed by atoms with Crippen LogP contribution in [0.3, 0.4) is 0 Å². The number of urea groups is 1. The molecule has 0 aliphatic heterocycles. The largest absolute Gasteiger partial charge is 0.331 e. The molecular formula is C20H18N4O. The number of amides is 2. The molecule has 0 fully saturated rings. The van der Waals surface area contributed by atoms with E-state index in [4.69, 9.17) is 0 Å². The van der Waals surface area contributed by atoms with Crippen molar-refractivity contribution in [2.45, 2.75) is 6.54 Å². The van der Waals surface area contributed by atoms with Crippen molar-refractivity contribution in [3.8, 4) is 0 Å². The fourth-order valence-corrected chi connectivity index (χ4v) is 3.01. The molecule has 4 aromatic rings. The predicted octanol–water partition coefficient (Wildman–Crippen LogP) is 4.05. The van der Waals surface area contributed by atoms with Gasteiger partial charge in [0.25, 0.3) is 0 Å². The van der Waals surface area contributed by atoms with Gasteiger partial charge in [0.15, 0.2) is 0 Å². The van der Waals surface area contributed by atoms with Gasteiger partial charge in [-0.2, -0.15) is 0 Å². The topological polar surface area (TPSA) is 59.0 Å². The number of aromatic nitrogens is 2. The van der Waals surface area contributed by atoms with E-state index >= 15 is 0 Å². The Kier molecular flexibility index (Phi) is 3.82. The van der Waals surface area contributed by atoms with Gasteiger partial charge in [-0.1, -0.05) is 48.5 Å². The third kappa shape index (κ3) is 2.92. The summed E-state index contributed by atoms with van der Waals surface area (Å²) in [5.41, 5.74) is 2.77. The molecule has 0 saturated heterocycles. The van der Waals surface area contributed by atoms with Crippen molar-refractivity contribution >= 4 is 33.5 Å². The highest BCUT2D eigenvalue weighted by Crippen LogP contribution is 2.22. The maximum atomic E-state index is 12.3. The molecule has 1 aromatic heterocycles. The number of nitrogens with zero attached hydrogens (tertiary/aromatic N) is 2. The van der Waals surface area contributed by atoms with Crippen LogP contribution in [-0.4, -0.2) is 15.6 Å². The number of fused-ring (bicyclic) bond motifs is 2. The molecule has 0 aliphatic carbocycles. The number of benzene rings is 3. The number of hydrogen-bond acceptors (Lipinski definition) is 2. The lowest BCUT2D eigenvalue weighted by atomic mass is 10.1. The Hall–Kier alpha value is -3.34. The third-order valence-corrected chi connectivity index (χ3v) is 4.32. The van der Waals surface area contributed by atoms with Gasteiger partial charge in [-0.3, -0.25) is 0 Å². The number of carbonyl (C=O) groups excluding carboxylic acids is 1. The van der Waals surface area contributed by atoms with E-state index < -0.39 is 0 Å². The number of nitrogens with one attached hydrogen (secondary N) is 2. The summed E-state index contributed by atoms with van der Waals surface area (Å²) in [4.78, 5) is 16.9. The third-order valence-electron chi connectivity index (χ3n) is 4.32. The Bertz CT molecular complexity index is 1060. The standard InChI is InChI=1S/C20H18N4O/c1-24-18-12-5-4-10-17(18)22-19(24)13-21-20(25)23-16-11-6-8-14-7-2-3-9-15(14)16/h2-12H,13H2,1H3,(H2,21,23,25). The van der Waals surface area contributed by atoms with Gasteiger partial charge in [-0.05, 0) is 23.6 Å².